The summed E-state index contributed by atoms with van der Waals surface area (Å²) in [5, 5.41) is 37.9. The van der Waals surface area contributed by atoms with Gasteiger partial charge in [0, 0.05) is 40.0 Å². The van der Waals surface area contributed by atoms with Gasteiger partial charge in [-0.2, -0.15) is 0 Å². The van der Waals surface area contributed by atoms with Crippen molar-refractivity contribution in [3.05, 3.63) is 44.3 Å². The van der Waals surface area contributed by atoms with Gasteiger partial charge in [-0.3, -0.25) is 0 Å². The first-order chi connectivity index (χ1) is 18.9. The summed E-state index contributed by atoms with van der Waals surface area (Å²) in [5.74, 6) is 0.912. The summed E-state index contributed by atoms with van der Waals surface area (Å²) < 4.78 is 4.56. The van der Waals surface area contributed by atoms with Crippen molar-refractivity contribution in [2.45, 2.75) is 54.6 Å². The Morgan fingerprint density at radius 1 is 0.800 bits per heavy atom. The number of thiocarbonyl (C=S) groups is 2. The third-order valence-electron chi connectivity index (χ3n) is 5.32. The minimum absolute atomic E-state index is 0.0819. The van der Waals surface area contributed by atoms with Gasteiger partial charge in [-0.1, -0.05) is 24.4 Å². The number of nitrogens with zero attached hydrogens (tertiary/aromatic N) is 8. The highest BCUT2D eigenvalue weighted by molar-refractivity contribution is 8.89. The maximum absolute atomic E-state index is 10.4. The van der Waals surface area contributed by atoms with Crippen molar-refractivity contribution >= 4 is 66.3 Å². The molecule has 0 aliphatic heterocycles. The van der Waals surface area contributed by atoms with Gasteiger partial charge in [-0.15, -0.1) is 0 Å². The van der Waals surface area contributed by atoms with E-state index in [1.165, 1.54) is 21.5 Å². The Bertz CT molecular complexity index is 1010. The van der Waals surface area contributed by atoms with Gasteiger partial charge in [-0.05, 0) is 59.1 Å². The second-order valence-corrected chi connectivity index (χ2v) is 11.0. The van der Waals surface area contributed by atoms with Crippen molar-refractivity contribution in [1.29, 1.82) is 0 Å². The van der Waals surface area contributed by atoms with E-state index in [1.54, 1.807) is 35.4 Å². The number of imidazole rings is 2. The Balaban J connectivity index is 0.000000578. The molecule has 0 aliphatic carbocycles. The number of aliphatic hydroxyl groups is 2. The van der Waals surface area contributed by atoms with Gasteiger partial charge >= 0.3 is 11.6 Å². The first-order valence-electron chi connectivity index (χ1n) is 12.4. The number of aryl methyl sites for hydroxylation is 2. The van der Waals surface area contributed by atoms with E-state index >= 15 is 0 Å². The normalized spacial score (nSPS) is 10.1. The molecular weight excluding hydrogens is 601 g/mol. The van der Waals surface area contributed by atoms with Gasteiger partial charge < -0.3 is 40.2 Å². The van der Waals surface area contributed by atoms with Gasteiger partial charge in [0.15, 0.2) is 11.6 Å². The molecule has 40 heavy (non-hydrogen) atoms. The summed E-state index contributed by atoms with van der Waals surface area (Å²) in [6.45, 7) is 15.8. The molecule has 0 bridgehead atoms. The van der Waals surface area contributed by atoms with Crippen LogP contribution < -0.4 is 0 Å². The van der Waals surface area contributed by atoms with Gasteiger partial charge in [0.05, 0.1) is 13.2 Å². The maximum atomic E-state index is 10.4. The van der Waals surface area contributed by atoms with Crippen LogP contribution in [0.15, 0.2) is 12.4 Å². The zero-order valence-corrected chi connectivity index (χ0v) is 26.8. The average Bonchev–Trinajstić information content (AvgIpc) is 3.47. The molecule has 2 N–H and O–H groups in total. The quantitative estimate of drug-likeness (QED) is 0.167. The summed E-state index contributed by atoms with van der Waals surface area (Å²) in [4.78, 5) is 31.6. The van der Waals surface area contributed by atoms with Gasteiger partial charge in [-0.25, -0.2) is 19.1 Å². The lowest BCUT2D eigenvalue weighted by Gasteiger charge is -2.23. The monoisotopic (exact) mass is 638 g/mol. The number of rotatable bonds is 10. The van der Waals surface area contributed by atoms with Crippen LogP contribution in [-0.2, 0) is 13.1 Å². The van der Waals surface area contributed by atoms with E-state index < -0.39 is 9.85 Å². The van der Waals surface area contributed by atoms with Crippen molar-refractivity contribution in [2.24, 2.45) is 0 Å². The average molecular weight is 639 g/mol. The minimum Gasteiger partial charge on any atom is -0.392 e. The Morgan fingerprint density at radius 2 is 1.10 bits per heavy atom. The van der Waals surface area contributed by atoms with Crippen LogP contribution in [0.3, 0.4) is 0 Å². The molecule has 226 valence electrons. The fourth-order valence-corrected chi connectivity index (χ4v) is 6.16. The van der Waals surface area contributed by atoms with Crippen LogP contribution in [-0.4, -0.2) is 97.0 Å². The molecule has 0 spiro atoms. The van der Waals surface area contributed by atoms with Crippen LogP contribution in [0.2, 0.25) is 0 Å². The molecule has 0 amide bonds. The summed E-state index contributed by atoms with van der Waals surface area (Å²) >= 11 is 10.7. The Morgan fingerprint density at radius 3 is 1.32 bits per heavy atom. The molecule has 18 heteroatoms. The predicted octanol–water partition coefficient (Wildman–Crippen LogP) is 3.81. The van der Waals surface area contributed by atoms with Gasteiger partial charge in [0.25, 0.3) is 0 Å². The molecule has 2 heterocycles. The van der Waals surface area contributed by atoms with E-state index in [0.29, 0.717) is 11.6 Å². The van der Waals surface area contributed by atoms with Crippen molar-refractivity contribution in [3.8, 4) is 0 Å². The van der Waals surface area contributed by atoms with E-state index in [9.17, 15) is 20.2 Å². The van der Waals surface area contributed by atoms with E-state index in [2.05, 4.69) is 47.5 Å². The van der Waals surface area contributed by atoms with Crippen molar-refractivity contribution in [3.63, 3.8) is 0 Å². The topological polar surface area (TPSA) is 169 Å². The van der Waals surface area contributed by atoms with Crippen LogP contribution in [0.25, 0.3) is 0 Å². The van der Waals surface area contributed by atoms with E-state index in [-0.39, 0.29) is 37.9 Å². The van der Waals surface area contributed by atoms with E-state index in [1.807, 2.05) is 0 Å². The van der Waals surface area contributed by atoms with Crippen LogP contribution in [0.4, 0.5) is 11.6 Å². The van der Waals surface area contributed by atoms with Crippen molar-refractivity contribution in [2.75, 3.05) is 39.4 Å². The van der Waals surface area contributed by atoms with Crippen LogP contribution in [0.1, 0.15) is 39.3 Å². The first kappa shape index (κ1) is 37.6. The molecule has 0 saturated carbocycles. The molecule has 0 unspecified atom stereocenters. The molecule has 0 radical (unpaired) electrons. The molecule has 0 aliphatic rings. The van der Waals surface area contributed by atoms with Crippen LogP contribution in [0.5, 0.6) is 0 Å². The highest BCUT2D eigenvalue weighted by Crippen LogP contribution is 2.28. The molecule has 0 saturated heterocycles. The Hall–Kier alpha value is -2.38. The Kier molecular flexibility index (Phi) is 19.3. The van der Waals surface area contributed by atoms with Crippen molar-refractivity contribution in [1.82, 2.24) is 28.9 Å². The predicted molar refractivity (Wildman–Crippen MR) is 168 cm³/mol. The lowest BCUT2D eigenvalue weighted by molar-refractivity contribution is -0.392. The summed E-state index contributed by atoms with van der Waals surface area (Å²) in [5.41, 5.74) is 0. The van der Waals surface area contributed by atoms with Crippen LogP contribution in [0, 0.1) is 34.1 Å². The van der Waals surface area contributed by atoms with E-state index in [0.717, 1.165) is 34.8 Å². The molecule has 0 fully saturated rings. The summed E-state index contributed by atoms with van der Waals surface area (Å²) in [6, 6.07) is 0. The number of hydrogen-bond acceptors (Lipinski definition) is 12. The van der Waals surface area contributed by atoms with E-state index in [4.69, 9.17) is 34.6 Å². The first-order valence-corrected chi connectivity index (χ1v) is 15.4. The third-order valence-corrected chi connectivity index (χ3v) is 9.05. The molecule has 0 atom stereocenters. The number of aromatic nitrogens is 4. The number of nitro groups is 2. The zero-order chi connectivity index (χ0) is 30.8. The summed E-state index contributed by atoms with van der Waals surface area (Å²) in [7, 11) is 3.18. The molecule has 2 rings (SSSR count). The minimum atomic E-state index is -0.518. The smallest absolute Gasteiger partial charge is 0.342 e. The van der Waals surface area contributed by atoms with Crippen LogP contribution >= 0.6 is 46.0 Å². The fraction of sp³-hybridized carbons (Fsp3) is 0.636. The lowest BCUT2D eigenvalue weighted by Crippen LogP contribution is -2.28. The maximum Gasteiger partial charge on any atom is 0.342 e. The Labute approximate surface area is 252 Å². The van der Waals surface area contributed by atoms with Crippen molar-refractivity contribution < 1.29 is 20.1 Å². The largest absolute Gasteiger partial charge is 0.392 e. The second kappa shape index (κ2) is 20.5. The number of hydrogen-bond donors (Lipinski definition) is 2. The highest BCUT2D eigenvalue weighted by atomic mass is 33.1. The molecular formula is C22H38N8O6S4. The van der Waals surface area contributed by atoms with Gasteiger partial charge in [0.1, 0.15) is 34.1 Å². The second-order valence-electron chi connectivity index (χ2n) is 7.63. The standard InChI is InChI=1S/C10H20N2S4.2C6H9N3O3/c1-5-11(6-2)9(13)15-16-10(14)12(7-3)8-4;2*1-5-7-4-6(9(11)12)8(5)2-3-10/h5-8H2,1-4H3;2*4,10H,2-3H2,1H3. The fourth-order valence-electron chi connectivity index (χ4n) is 3.10. The molecule has 14 nitrogen and oxygen atoms in total. The van der Waals surface area contributed by atoms with Gasteiger partial charge in [0.2, 0.25) is 0 Å². The summed E-state index contributed by atoms with van der Waals surface area (Å²) in [6.07, 6.45) is 2.37. The molecule has 0 aromatic carbocycles. The third kappa shape index (κ3) is 12.4. The SMILES string of the molecule is CCN(CC)C(=S)SSC(=S)N(CC)CC.Cc1ncc([N+](=O)[O-])n1CCO.Cc1ncc([N+](=O)[O-])n1CCO. The lowest BCUT2D eigenvalue weighted by atomic mass is 10.6. The highest BCUT2D eigenvalue weighted by Gasteiger charge is 2.17. The molecule has 2 aromatic heterocycles. The zero-order valence-electron chi connectivity index (χ0n) is 23.5. The number of aliphatic hydroxyl groups excluding tert-OH is 2. The molecule has 2 aromatic rings.